The van der Waals surface area contributed by atoms with Crippen LogP contribution in [0.5, 0.6) is 0 Å². The van der Waals surface area contributed by atoms with Gasteiger partial charge in [-0.3, -0.25) is 14.4 Å². The van der Waals surface area contributed by atoms with E-state index in [0.717, 1.165) is 38.5 Å². The Hall–Kier alpha value is -1.39. The minimum atomic E-state index is -0.470. The van der Waals surface area contributed by atoms with Gasteiger partial charge in [0.2, 0.25) is 0 Å². The van der Waals surface area contributed by atoms with E-state index in [4.69, 9.17) is 4.74 Å². The number of rotatable bonds is 12. The monoisotopic (exact) mass is 312 g/mol. The van der Waals surface area contributed by atoms with Crippen LogP contribution in [0.25, 0.3) is 0 Å². The second-order valence-corrected chi connectivity index (χ2v) is 5.89. The highest BCUT2D eigenvalue weighted by Crippen LogP contribution is 2.17. The Labute approximate surface area is 132 Å². The summed E-state index contributed by atoms with van der Waals surface area (Å²) in [7, 11) is 1.42. The van der Waals surface area contributed by atoms with Gasteiger partial charge in [0.25, 0.3) is 0 Å². The van der Waals surface area contributed by atoms with Crippen LogP contribution in [0.4, 0.5) is 0 Å². The molecule has 0 N–H and O–H groups in total. The molecule has 0 saturated carbocycles. The lowest BCUT2D eigenvalue weighted by Gasteiger charge is -2.07. The average Bonchev–Trinajstić information content (AvgIpc) is 2.95. The minimum absolute atomic E-state index is 0.0775. The fraction of sp³-hybridized carbons (Fsp3) is 0.824. The summed E-state index contributed by atoms with van der Waals surface area (Å²) >= 11 is 0. The number of unbranched alkanes of at least 4 members (excludes halogenated alkanes) is 7. The number of hydrogen-bond acceptors (Lipinski definition) is 5. The number of esters is 2. The number of ether oxygens (including phenoxy) is 2. The molecule has 1 saturated heterocycles. The van der Waals surface area contributed by atoms with E-state index in [9.17, 15) is 14.4 Å². The molecule has 1 rings (SSSR count). The van der Waals surface area contributed by atoms with Gasteiger partial charge in [0.15, 0.2) is 11.9 Å². The Morgan fingerprint density at radius 1 is 1.00 bits per heavy atom. The summed E-state index contributed by atoms with van der Waals surface area (Å²) in [5.41, 5.74) is 0. The van der Waals surface area contributed by atoms with Gasteiger partial charge in [0.1, 0.15) is 0 Å². The molecule has 1 fully saturated rings. The van der Waals surface area contributed by atoms with E-state index in [-0.39, 0.29) is 17.7 Å². The number of hydrogen-bond donors (Lipinski definition) is 0. The van der Waals surface area contributed by atoms with Crippen molar-refractivity contribution in [3.8, 4) is 0 Å². The number of cyclic esters (lactones) is 1. The molecule has 1 heterocycles. The van der Waals surface area contributed by atoms with Gasteiger partial charge in [0, 0.05) is 25.7 Å². The summed E-state index contributed by atoms with van der Waals surface area (Å²) in [4.78, 5) is 33.6. The van der Waals surface area contributed by atoms with Crippen LogP contribution >= 0.6 is 0 Å². The van der Waals surface area contributed by atoms with Crippen LogP contribution in [0.2, 0.25) is 0 Å². The third-order valence-electron chi connectivity index (χ3n) is 4.03. The van der Waals surface area contributed by atoms with Gasteiger partial charge in [-0.2, -0.15) is 0 Å². The highest BCUT2D eigenvalue weighted by molar-refractivity contribution is 5.87. The molecule has 0 radical (unpaired) electrons. The van der Waals surface area contributed by atoms with Crippen molar-refractivity contribution < 1.29 is 23.9 Å². The molecule has 126 valence electrons. The van der Waals surface area contributed by atoms with Crippen LogP contribution in [0.15, 0.2) is 0 Å². The lowest BCUT2D eigenvalue weighted by atomic mass is 10.0. The molecule has 0 aromatic rings. The van der Waals surface area contributed by atoms with Crippen molar-refractivity contribution in [2.24, 2.45) is 0 Å². The quantitative estimate of drug-likeness (QED) is 0.408. The summed E-state index contributed by atoms with van der Waals surface area (Å²) in [6.45, 7) is 0. The molecule has 0 aromatic carbocycles. The van der Waals surface area contributed by atoms with E-state index in [0.29, 0.717) is 25.7 Å². The third-order valence-corrected chi connectivity index (χ3v) is 4.03. The molecule has 1 atom stereocenters. The zero-order valence-electron chi connectivity index (χ0n) is 13.6. The molecule has 1 aliphatic rings. The van der Waals surface area contributed by atoms with Crippen LogP contribution < -0.4 is 0 Å². The van der Waals surface area contributed by atoms with Gasteiger partial charge < -0.3 is 9.47 Å². The fourth-order valence-corrected chi connectivity index (χ4v) is 2.64. The maximum atomic E-state index is 11.8. The maximum absolute atomic E-state index is 11.8. The number of methoxy groups -OCH3 is 1. The minimum Gasteiger partial charge on any atom is -0.469 e. The predicted octanol–water partition coefficient (Wildman–Crippen LogP) is 3.34. The van der Waals surface area contributed by atoms with Crippen LogP contribution in [0.3, 0.4) is 0 Å². The Bertz CT molecular complexity index is 364. The molecule has 1 aliphatic heterocycles. The lowest BCUT2D eigenvalue weighted by molar-refractivity contribution is -0.147. The molecule has 0 bridgehead atoms. The first-order valence-electron chi connectivity index (χ1n) is 8.42. The van der Waals surface area contributed by atoms with Gasteiger partial charge in [-0.15, -0.1) is 0 Å². The first kappa shape index (κ1) is 18.7. The van der Waals surface area contributed by atoms with Crippen LogP contribution in [0.1, 0.15) is 77.0 Å². The Balaban J connectivity index is 1.84. The first-order valence-corrected chi connectivity index (χ1v) is 8.42. The van der Waals surface area contributed by atoms with Gasteiger partial charge in [-0.05, 0) is 12.8 Å². The SMILES string of the molecule is COC(=O)CCCCCCCCCCC(=O)C1CCC(=O)O1. The van der Waals surface area contributed by atoms with E-state index in [1.54, 1.807) is 0 Å². The molecule has 22 heavy (non-hydrogen) atoms. The van der Waals surface area contributed by atoms with Crippen molar-refractivity contribution in [2.45, 2.75) is 83.2 Å². The Morgan fingerprint density at radius 3 is 2.05 bits per heavy atom. The van der Waals surface area contributed by atoms with E-state index in [1.165, 1.54) is 20.0 Å². The second kappa shape index (κ2) is 11.2. The summed E-state index contributed by atoms with van der Waals surface area (Å²) in [6, 6.07) is 0. The number of carbonyl (C=O) groups excluding carboxylic acids is 3. The molecule has 0 amide bonds. The van der Waals surface area contributed by atoms with Crippen molar-refractivity contribution in [1.29, 1.82) is 0 Å². The number of ketones is 1. The lowest BCUT2D eigenvalue weighted by Crippen LogP contribution is -2.19. The van der Waals surface area contributed by atoms with Crippen molar-refractivity contribution in [2.75, 3.05) is 7.11 Å². The predicted molar refractivity (Wildman–Crippen MR) is 82.3 cm³/mol. The second-order valence-electron chi connectivity index (χ2n) is 5.89. The fourth-order valence-electron chi connectivity index (χ4n) is 2.64. The van der Waals surface area contributed by atoms with E-state index < -0.39 is 6.10 Å². The van der Waals surface area contributed by atoms with Crippen molar-refractivity contribution in [3.63, 3.8) is 0 Å². The zero-order valence-corrected chi connectivity index (χ0v) is 13.6. The number of carbonyl (C=O) groups is 3. The van der Waals surface area contributed by atoms with Gasteiger partial charge >= 0.3 is 11.9 Å². The molecule has 0 aliphatic carbocycles. The normalized spacial score (nSPS) is 17.3. The standard InChI is InChI=1S/C17H28O5/c1-21-16(19)11-9-7-5-3-2-4-6-8-10-14(18)15-12-13-17(20)22-15/h15H,2-13H2,1H3. The molecule has 0 aromatic heterocycles. The molecule has 1 unspecified atom stereocenters. The largest absolute Gasteiger partial charge is 0.469 e. The Kier molecular flexibility index (Phi) is 9.51. The Morgan fingerprint density at radius 2 is 1.55 bits per heavy atom. The summed E-state index contributed by atoms with van der Waals surface area (Å²) < 4.78 is 9.55. The van der Waals surface area contributed by atoms with Crippen LogP contribution in [-0.4, -0.2) is 30.9 Å². The van der Waals surface area contributed by atoms with E-state index in [2.05, 4.69) is 4.74 Å². The van der Waals surface area contributed by atoms with Gasteiger partial charge in [-0.25, -0.2) is 0 Å². The van der Waals surface area contributed by atoms with Gasteiger partial charge in [-0.1, -0.05) is 38.5 Å². The third kappa shape index (κ3) is 8.15. The van der Waals surface area contributed by atoms with E-state index in [1.807, 2.05) is 0 Å². The van der Waals surface area contributed by atoms with Crippen molar-refractivity contribution >= 4 is 17.7 Å². The summed E-state index contributed by atoms with van der Waals surface area (Å²) in [5.74, 6) is -0.295. The van der Waals surface area contributed by atoms with Crippen LogP contribution in [0, 0.1) is 0 Å². The van der Waals surface area contributed by atoms with Crippen molar-refractivity contribution in [1.82, 2.24) is 0 Å². The highest BCUT2D eigenvalue weighted by Gasteiger charge is 2.28. The molecular formula is C17H28O5. The molecule has 5 heteroatoms. The smallest absolute Gasteiger partial charge is 0.306 e. The molecule has 5 nitrogen and oxygen atoms in total. The first-order chi connectivity index (χ1) is 10.6. The van der Waals surface area contributed by atoms with Crippen LogP contribution in [-0.2, 0) is 23.9 Å². The van der Waals surface area contributed by atoms with E-state index >= 15 is 0 Å². The summed E-state index contributed by atoms with van der Waals surface area (Å²) in [6.07, 6.45) is 10.0. The molecule has 0 spiro atoms. The number of Topliss-reactive ketones (excluding diaryl/α,β-unsaturated/α-hetero) is 1. The maximum Gasteiger partial charge on any atom is 0.306 e. The zero-order chi connectivity index (χ0) is 16.2. The topological polar surface area (TPSA) is 69.7 Å². The highest BCUT2D eigenvalue weighted by atomic mass is 16.6. The van der Waals surface area contributed by atoms with Gasteiger partial charge in [0.05, 0.1) is 7.11 Å². The summed E-state index contributed by atoms with van der Waals surface area (Å²) in [5, 5.41) is 0. The molecular weight excluding hydrogens is 284 g/mol. The van der Waals surface area contributed by atoms with Crippen molar-refractivity contribution in [3.05, 3.63) is 0 Å². The average molecular weight is 312 g/mol.